The molecule has 0 spiro atoms. The zero-order chi connectivity index (χ0) is 12.6. The zero-order valence-corrected chi connectivity index (χ0v) is 9.84. The number of carbonyl (C=O) groups is 1. The second-order valence-electron chi connectivity index (χ2n) is 4.24. The molecular weight excluding hydrogens is 218 g/mol. The molecule has 0 aliphatic carbocycles. The smallest absolute Gasteiger partial charge is 0.320 e. The third-order valence-corrected chi connectivity index (χ3v) is 2.81. The average molecular weight is 233 g/mol. The molecule has 0 amide bonds. The first-order valence-electron chi connectivity index (χ1n) is 5.39. The van der Waals surface area contributed by atoms with E-state index in [-0.39, 0.29) is 6.42 Å². The summed E-state index contributed by atoms with van der Waals surface area (Å²) in [4.78, 5) is 10.7. The molecule has 0 aliphatic heterocycles. The summed E-state index contributed by atoms with van der Waals surface area (Å²) in [5, 5.41) is 14.1. The van der Waals surface area contributed by atoms with Crippen LogP contribution in [0.1, 0.15) is 11.3 Å². The van der Waals surface area contributed by atoms with Crippen molar-refractivity contribution < 1.29 is 9.90 Å². The van der Waals surface area contributed by atoms with Gasteiger partial charge in [-0.25, -0.2) is 0 Å². The molecule has 2 aromatic rings. The molecule has 0 saturated carbocycles. The fourth-order valence-electron chi connectivity index (χ4n) is 1.89. The van der Waals surface area contributed by atoms with E-state index >= 15 is 0 Å². The first-order valence-corrected chi connectivity index (χ1v) is 5.39. The van der Waals surface area contributed by atoms with E-state index in [1.807, 2.05) is 32.2 Å². The van der Waals surface area contributed by atoms with Gasteiger partial charge in [-0.3, -0.25) is 9.48 Å². The van der Waals surface area contributed by atoms with Crippen molar-refractivity contribution in [2.75, 3.05) is 0 Å². The van der Waals surface area contributed by atoms with E-state index in [4.69, 9.17) is 10.8 Å². The molecule has 1 atom stereocenters. The number of benzene rings is 1. The summed E-state index contributed by atoms with van der Waals surface area (Å²) >= 11 is 0. The molecule has 0 fully saturated rings. The summed E-state index contributed by atoms with van der Waals surface area (Å²) in [7, 11) is 1.84. The number of fused-ring (bicyclic) bond motifs is 1. The van der Waals surface area contributed by atoms with Crippen LogP contribution in [-0.2, 0) is 18.3 Å². The minimum absolute atomic E-state index is 0.246. The molecule has 90 valence electrons. The van der Waals surface area contributed by atoms with Gasteiger partial charge in [0.2, 0.25) is 0 Å². The zero-order valence-electron chi connectivity index (χ0n) is 9.84. The van der Waals surface area contributed by atoms with Crippen LogP contribution in [0.25, 0.3) is 10.9 Å². The number of hydrogen-bond donors (Lipinski definition) is 2. The predicted octanol–water partition coefficient (Wildman–Crippen LogP) is 0.836. The lowest BCUT2D eigenvalue weighted by atomic mass is 10.1. The van der Waals surface area contributed by atoms with Crippen molar-refractivity contribution in [2.24, 2.45) is 12.8 Å². The summed E-state index contributed by atoms with van der Waals surface area (Å²) in [6.45, 7) is 2.01. The number of carboxylic acid groups (broad SMARTS) is 1. The van der Waals surface area contributed by atoms with Gasteiger partial charge in [0.15, 0.2) is 0 Å². The third kappa shape index (κ3) is 2.14. The Morgan fingerprint density at radius 3 is 2.94 bits per heavy atom. The highest BCUT2D eigenvalue weighted by Gasteiger charge is 2.17. The molecule has 0 saturated heterocycles. The minimum atomic E-state index is -1.00. The molecule has 0 aliphatic rings. The molecular formula is C12H15N3O2. The monoisotopic (exact) mass is 233 g/mol. The maximum Gasteiger partial charge on any atom is 0.320 e. The third-order valence-electron chi connectivity index (χ3n) is 2.81. The van der Waals surface area contributed by atoms with Crippen molar-refractivity contribution in [1.82, 2.24) is 9.78 Å². The van der Waals surface area contributed by atoms with Gasteiger partial charge in [-0.2, -0.15) is 5.10 Å². The fraction of sp³-hybridized carbons (Fsp3) is 0.333. The number of hydrogen-bond acceptors (Lipinski definition) is 3. The van der Waals surface area contributed by atoms with E-state index in [1.54, 1.807) is 4.68 Å². The second-order valence-corrected chi connectivity index (χ2v) is 4.24. The summed E-state index contributed by atoms with van der Waals surface area (Å²) in [5.41, 5.74) is 8.41. The Hall–Kier alpha value is -1.88. The van der Waals surface area contributed by atoms with E-state index in [0.717, 1.165) is 22.2 Å². The Balaban J connectivity index is 2.45. The van der Waals surface area contributed by atoms with Crippen LogP contribution in [0.15, 0.2) is 18.2 Å². The van der Waals surface area contributed by atoms with Gasteiger partial charge < -0.3 is 10.8 Å². The van der Waals surface area contributed by atoms with Gasteiger partial charge in [-0.15, -0.1) is 0 Å². The quantitative estimate of drug-likeness (QED) is 0.823. The lowest BCUT2D eigenvalue weighted by Crippen LogP contribution is -2.32. The lowest BCUT2D eigenvalue weighted by molar-refractivity contribution is -0.138. The van der Waals surface area contributed by atoms with Crippen molar-refractivity contribution in [3.8, 4) is 0 Å². The van der Waals surface area contributed by atoms with E-state index in [0.29, 0.717) is 0 Å². The fourth-order valence-corrected chi connectivity index (χ4v) is 1.89. The Bertz CT molecular complexity index is 574. The molecule has 5 heteroatoms. The number of nitrogens with zero attached hydrogens (tertiary/aromatic N) is 2. The van der Waals surface area contributed by atoms with Crippen LogP contribution in [0.4, 0.5) is 0 Å². The van der Waals surface area contributed by atoms with Gasteiger partial charge in [-0.1, -0.05) is 12.1 Å². The first kappa shape index (κ1) is 11.6. The SMILES string of the molecule is Cc1ccc2c(CC(N)C(=O)O)nn(C)c2c1. The maximum atomic E-state index is 10.7. The largest absolute Gasteiger partial charge is 0.480 e. The molecule has 5 nitrogen and oxygen atoms in total. The molecule has 1 unspecified atom stereocenters. The summed E-state index contributed by atoms with van der Waals surface area (Å²) in [6.07, 6.45) is 0.246. The number of carboxylic acids is 1. The van der Waals surface area contributed by atoms with Crippen LogP contribution in [-0.4, -0.2) is 26.9 Å². The summed E-state index contributed by atoms with van der Waals surface area (Å²) < 4.78 is 1.76. The molecule has 0 bridgehead atoms. The highest BCUT2D eigenvalue weighted by Crippen LogP contribution is 2.20. The van der Waals surface area contributed by atoms with E-state index in [9.17, 15) is 4.79 Å². The molecule has 1 aromatic heterocycles. The van der Waals surface area contributed by atoms with Crippen LogP contribution < -0.4 is 5.73 Å². The molecule has 1 aromatic carbocycles. The van der Waals surface area contributed by atoms with Crippen LogP contribution >= 0.6 is 0 Å². The Kier molecular flexibility index (Phi) is 2.85. The Labute approximate surface area is 98.8 Å². The highest BCUT2D eigenvalue weighted by atomic mass is 16.4. The number of aliphatic carboxylic acids is 1. The summed E-state index contributed by atoms with van der Waals surface area (Å²) in [6, 6.07) is 5.06. The second kappa shape index (κ2) is 4.18. The Morgan fingerprint density at radius 2 is 2.29 bits per heavy atom. The van der Waals surface area contributed by atoms with Crippen molar-refractivity contribution in [3.63, 3.8) is 0 Å². The summed E-state index contributed by atoms with van der Waals surface area (Å²) in [5.74, 6) is -1.00. The predicted molar refractivity (Wildman–Crippen MR) is 64.8 cm³/mol. The molecule has 3 N–H and O–H groups in total. The average Bonchev–Trinajstić information content (AvgIpc) is 2.55. The van der Waals surface area contributed by atoms with Crippen molar-refractivity contribution in [2.45, 2.75) is 19.4 Å². The van der Waals surface area contributed by atoms with Gasteiger partial charge in [0.25, 0.3) is 0 Å². The highest BCUT2D eigenvalue weighted by molar-refractivity contribution is 5.83. The number of nitrogens with two attached hydrogens (primary N) is 1. The van der Waals surface area contributed by atoms with Gasteiger partial charge in [0, 0.05) is 18.9 Å². The standard InChI is InChI=1S/C12H15N3O2/c1-7-3-4-8-10(6-9(13)12(16)17)14-15(2)11(8)5-7/h3-5,9H,6,13H2,1-2H3,(H,16,17). The van der Waals surface area contributed by atoms with E-state index in [2.05, 4.69) is 5.10 Å². The molecule has 1 heterocycles. The van der Waals surface area contributed by atoms with Gasteiger partial charge >= 0.3 is 5.97 Å². The minimum Gasteiger partial charge on any atom is -0.480 e. The van der Waals surface area contributed by atoms with Crippen LogP contribution in [0, 0.1) is 6.92 Å². The molecule has 2 rings (SSSR count). The maximum absolute atomic E-state index is 10.7. The van der Waals surface area contributed by atoms with Crippen molar-refractivity contribution in [1.29, 1.82) is 0 Å². The topological polar surface area (TPSA) is 81.1 Å². The molecule has 17 heavy (non-hydrogen) atoms. The Morgan fingerprint density at radius 1 is 1.59 bits per heavy atom. The van der Waals surface area contributed by atoms with Crippen LogP contribution in [0.2, 0.25) is 0 Å². The normalized spacial score (nSPS) is 12.9. The lowest BCUT2D eigenvalue weighted by Gasteiger charge is -2.03. The van der Waals surface area contributed by atoms with E-state index < -0.39 is 12.0 Å². The van der Waals surface area contributed by atoms with Gasteiger partial charge in [0.1, 0.15) is 6.04 Å². The van der Waals surface area contributed by atoms with E-state index in [1.165, 1.54) is 0 Å². The van der Waals surface area contributed by atoms with Gasteiger partial charge in [0.05, 0.1) is 11.2 Å². The number of rotatable bonds is 3. The van der Waals surface area contributed by atoms with Gasteiger partial charge in [-0.05, 0) is 18.6 Å². The molecule has 0 radical (unpaired) electrons. The number of aromatic nitrogens is 2. The number of aryl methyl sites for hydroxylation is 2. The first-order chi connectivity index (χ1) is 7.99. The van der Waals surface area contributed by atoms with Crippen LogP contribution in [0.3, 0.4) is 0 Å². The van der Waals surface area contributed by atoms with Crippen molar-refractivity contribution in [3.05, 3.63) is 29.5 Å². The van der Waals surface area contributed by atoms with Crippen molar-refractivity contribution >= 4 is 16.9 Å². The van der Waals surface area contributed by atoms with Crippen LogP contribution in [0.5, 0.6) is 0 Å².